The summed E-state index contributed by atoms with van der Waals surface area (Å²) in [6, 6.07) is 29.1. The lowest BCUT2D eigenvalue weighted by Gasteiger charge is -2.64. The minimum Gasteiger partial charge on any atom is -0.354 e. The van der Waals surface area contributed by atoms with Crippen molar-refractivity contribution in [3.63, 3.8) is 0 Å². The highest BCUT2D eigenvalue weighted by atomic mass is 35.5. The second kappa shape index (κ2) is 6.31. The first-order chi connectivity index (χ1) is 17.2. The van der Waals surface area contributed by atoms with Gasteiger partial charge in [0.2, 0.25) is 0 Å². The van der Waals surface area contributed by atoms with Crippen molar-refractivity contribution < 1.29 is 0 Å². The Morgan fingerprint density at radius 2 is 1.37 bits per heavy atom. The third-order valence-corrected chi connectivity index (χ3v) is 11.2. The molecule has 4 saturated carbocycles. The van der Waals surface area contributed by atoms with Crippen molar-refractivity contribution in [1.29, 1.82) is 0 Å². The lowest BCUT2D eigenvalue weighted by molar-refractivity contribution is -0.0820. The van der Waals surface area contributed by atoms with Gasteiger partial charge < -0.3 is 5.32 Å². The second-order valence-corrected chi connectivity index (χ2v) is 12.5. The van der Waals surface area contributed by atoms with E-state index in [1.54, 1.807) is 11.1 Å². The number of rotatable bonds is 2. The van der Waals surface area contributed by atoms with Gasteiger partial charge >= 0.3 is 0 Å². The summed E-state index contributed by atoms with van der Waals surface area (Å²) in [7, 11) is 0. The summed E-state index contributed by atoms with van der Waals surface area (Å²) < 4.78 is 0. The third kappa shape index (κ3) is 2.16. The molecule has 0 saturated heterocycles. The molecular weight excluding hydrogens is 446 g/mol. The molecule has 4 atom stereocenters. The molecule has 4 aromatic rings. The average molecular weight is 474 g/mol. The van der Waals surface area contributed by atoms with Crippen LogP contribution in [0.2, 0.25) is 5.02 Å². The van der Waals surface area contributed by atoms with Crippen molar-refractivity contribution in [2.24, 2.45) is 29.1 Å². The van der Waals surface area contributed by atoms with Crippen LogP contribution >= 0.6 is 11.6 Å². The quantitative estimate of drug-likeness (QED) is 0.306. The molecule has 1 N–H and O–H groups in total. The van der Waals surface area contributed by atoms with Gasteiger partial charge in [0.05, 0.1) is 10.7 Å². The zero-order valence-electron chi connectivity index (χ0n) is 19.7. The Morgan fingerprint density at radius 1 is 0.686 bits per heavy atom. The van der Waals surface area contributed by atoms with Gasteiger partial charge in [-0.05, 0) is 107 Å². The minimum absolute atomic E-state index is 0.223. The summed E-state index contributed by atoms with van der Waals surface area (Å²) in [6.07, 6.45) is 7.39. The number of anilines is 2. The molecule has 0 radical (unpaired) electrons. The zero-order chi connectivity index (χ0) is 22.9. The van der Waals surface area contributed by atoms with Gasteiger partial charge in [0, 0.05) is 16.7 Å². The van der Waals surface area contributed by atoms with Crippen LogP contribution in [-0.4, -0.2) is 0 Å². The second-order valence-electron chi connectivity index (χ2n) is 12.1. The smallest absolute Gasteiger partial charge is 0.0647 e. The molecule has 5 aliphatic rings. The van der Waals surface area contributed by atoms with Gasteiger partial charge in [0.25, 0.3) is 0 Å². The fraction of sp³-hybridized carbons (Fsp3) is 0.333. The van der Waals surface area contributed by atoms with Crippen LogP contribution in [0.3, 0.4) is 0 Å². The zero-order valence-corrected chi connectivity index (χ0v) is 20.5. The van der Waals surface area contributed by atoms with Crippen LogP contribution in [0.1, 0.15) is 43.2 Å². The number of benzene rings is 4. The topological polar surface area (TPSA) is 12.0 Å². The average Bonchev–Trinajstić information content (AvgIpc) is 3.40. The van der Waals surface area contributed by atoms with E-state index in [4.69, 9.17) is 11.6 Å². The summed E-state index contributed by atoms with van der Waals surface area (Å²) in [5, 5.41) is 6.96. The van der Waals surface area contributed by atoms with Gasteiger partial charge in [0.1, 0.15) is 0 Å². The minimum atomic E-state index is 0.223. The molecule has 2 heteroatoms. The van der Waals surface area contributed by atoms with Gasteiger partial charge in [-0.1, -0.05) is 72.3 Å². The van der Waals surface area contributed by atoms with E-state index in [0.29, 0.717) is 5.41 Å². The summed E-state index contributed by atoms with van der Waals surface area (Å²) in [5.74, 6) is 3.58. The van der Waals surface area contributed by atoms with Crippen LogP contribution < -0.4 is 5.32 Å². The Balaban J connectivity index is 1.25. The number of hydrogen-bond donors (Lipinski definition) is 1. The first-order valence-corrected chi connectivity index (χ1v) is 13.7. The van der Waals surface area contributed by atoms with E-state index in [-0.39, 0.29) is 5.41 Å². The predicted molar refractivity (Wildman–Crippen MR) is 144 cm³/mol. The summed E-state index contributed by atoms with van der Waals surface area (Å²) in [6.45, 7) is 0. The maximum atomic E-state index is 6.80. The summed E-state index contributed by atoms with van der Waals surface area (Å²) in [5.41, 5.74) is 9.12. The molecule has 3 bridgehead atoms. The van der Waals surface area contributed by atoms with Gasteiger partial charge in [-0.2, -0.15) is 0 Å². The van der Waals surface area contributed by atoms with Crippen molar-refractivity contribution in [1.82, 2.24) is 0 Å². The number of fused-ring (bicyclic) bond motifs is 10. The van der Waals surface area contributed by atoms with Gasteiger partial charge in [-0.15, -0.1) is 0 Å². The van der Waals surface area contributed by atoms with E-state index in [9.17, 15) is 0 Å². The molecule has 5 aliphatic carbocycles. The maximum absolute atomic E-state index is 6.80. The predicted octanol–water partition coefficient (Wildman–Crippen LogP) is 8.96. The summed E-state index contributed by atoms with van der Waals surface area (Å²) in [4.78, 5) is 0. The lowest BCUT2D eigenvalue weighted by atomic mass is 9.38. The summed E-state index contributed by atoms with van der Waals surface area (Å²) >= 11 is 6.80. The highest BCUT2D eigenvalue weighted by molar-refractivity contribution is 6.34. The standard InChI is InChI=1S/C33H28ClN/c34-26-15-21-6-1-2-7-22(21)16-28(26)35-27-11-5-10-25-31(27)23-8-3-4-9-24(23)33(25)29-13-19-12-20-14-30(33)32(29,17-19)18-20/h1-11,15-16,19-20,29-30,35H,12-14,17-18H2. The fourth-order valence-corrected chi connectivity index (χ4v) is 10.5. The van der Waals surface area contributed by atoms with Crippen molar-refractivity contribution in [3.8, 4) is 11.1 Å². The van der Waals surface area contributed by atoms with E-state index >= 15 is 0 Å². The monoisotopic (exact) mass is 473 g/mol. The molecular formula is C33H28ClN. The van der Waals surface area contributed by atoms with Gasteiger partial charge in [-0.3, -0.25) is 0 Å². The molecule has 0 heterocycles. The Hall–Kier alpha value is -2.77. The van der Waals surface area contributed by atoms with Crippen LogP contribution in [-0.2, 0) is 5.41 Å². The largest absolute Gasteiger partial charge is 0.354 e. The highest BCUT2D eigenvalue weighted by Crippen LogP contribution is 2.85. The van der Waals surface area contributed by atoms with E-state index in [2.05, 4.69) is 84.2 Å². The van der Waals surface area contributed by atoms with Crippen LogP contribution in [0.15, 0.2) is 78.9 Å². The molecule has 2 spiro atoms. The fourth-order valence-electron chi connectivity index (χ4n) is 10.2. The van der Waals surface area contributed by atoms with E-state index in [0.717, 1.165) is 34.4 Å². The first kappa shape index (κ1) is 19.4. The van der Waals surface area contributed by atoms with Crippen LogP contribution in [0.4, 0.5) is 11.4 Å². The van der Waals surface area contributed by atoms with Gasteiger partial charge in [-0.25, -0.2) is 0 Å². The van der Waals surface area contributed by atoms with Crippen molar-refractivity contribution in [2.45, 2.75) is 37.5 Å². The molecule has 0 aliphatic heterocycles. The van der Waals surface area contributed by atoms with Crippen molar-refractivity contribution in [2.75, 3.05) is 5.32 Å². The lowest BCUT2D eigenvalue weighted by Crippen LogP contribution is -2.62. The Kier molecular flexibility index (Phi) is 3.50. The molecule has 4 aromatic carbocycles. The van der Waals surface area contributed by atoms with Crippen LogP contribution in [0.5, 0.6) is 0 Å². The van der Waals surface area contributed by atoms with E-state index in [1.807, 2.05) is 0 Å². The molecule has 172 valence electrons. The molecule has 0 aromatic heterocycles. The Bertz CT molecular complexity index is 1540. The van der Waals surface area contributed by atoms with Crippen LogP contribution in [0, 0.1) is 29.1 Å². The van der Waals surface area contributed by atoms with E-state index in [1.165, 1.54) is 59.7 Å². The normalized spacial score (nSPS) is 34.7. The van der Waals surface area contributed by atoms with Crippen molar-refractivity contribution >= 4 is 33.7 Å². The van der Waals surface area contributed by atoms with Gasteiger partial charge in [0.15, 0.2) is 0 Å². The number of nitrogens with one attached hydrogen (secondary N) is 1. The van der Waals surface area contributed by atoms with Crippen molar-refractivity contribution in [3.05, 3.63) is 95.0 Å². The molecule has 35 heavy (non-hydrogen) atoms. The van der Waals surface area contributed by atoms with E-state index < -0.39 is 0 Å². The molecule has 4 fully saturated rings. The molecule has 4 unspecified atom stereocenters. The molecule has 9 rings (SSSR count). The Labute approximate surface area is 211 Å². The maximum Gasteiger partial charge on any atom is 0.0647 e. The first-order valence-electron chi connectivity index (χ1n) is 13.4. The SMILES string of the molecule is Clc1cc2ccccc2cc1Nc1cccc2c1-c1ccccc1C21C2CC3CC4CC1C2(C3)C4. The Morgan fingerprint density at radius 3 is 2.17 bits per heavy atom. The highest BCUT2D eigenvalue weighted by Gasteiger charge is 2.79. The molecule has 0 amide bonds. The van der Waals surface area contributed by atoms with Crippen LogP contribution in [0.25, 0.3) is 21.9 Å². The molecule has 1 nitrogen and oxygen atoms in total. The number of hydrogen-bond acceptors (Lipinski definition) is 1. The number of halogens is 1. The third-order valence-electron chi connectivity index (χ3n) is 10.9.